The van der Waals surface area contributed by atoms with E-state index in [9.17, 15) is 4.79 Å². The zero-order valence-electron chi connectivity index (χ0n) is 13.6. The van der Waals surface area contributed by atoms with E-state index in [1.807, 2.05) is 11.6 Å². The van der Waals surface area contributed by atoms with E-state index in [4.69, 9.17) is 9.15 Å². The van der Waals surface area contributed by atoms with Gasteiger partial charge in [-0.3, -0.25) is 4.79 Å². The molecule has 1 aliphatic heterocycles. The molecule has 1 amide bonds. The first-order valence-corrected chi connectivity index (χ1v) is 7.80. The summed E-state index contributed by atoms with van der Waals surface area (Å²) in [6.07, 6.45) is 8.19. The second-order valence-electron chi connectivity index (χ2n) is 5.76. The molecule has 128 valence electrons. The van der Waals surface area contributed by atoms with E-state index in [1.165, 1.54) is 12.7 Å². The SMILES string of the molecule is Cn1cnc2c1C[C@@H](COc1ncccn1)N(C(=O)c1cocn1)C2. The van der Waals surface area contributed by atoms with Gasteiger partial charge in [0.2, 0.25) is 0 Å². The Morgan fingerprint density at radius 1 is 1.32 bits per heavy atom. The molecule has 0 N–H and O–H groups in total. The number of fused-ring (bicyclic) bond motifs is 1. The maximum Gasteiger partial charge on any atom is 0.316 e. The van der Waals surface area contributed by atoms with E-state index < -0.39 is 0 Å². The second-order valence-corrected chi connectivity index (χ2v) is 5.76. The fourth-order valence-corrected chi connectivity index (χ4v) is 2.90. The average molecular weight is 340 g/mol. The molecular weight excluding hydrogens is 324 g/mol. The monoisotopic (exact) mass is 340 g/mol. The predicted molar refractivity (Wildman–Crippen MR) is 84.6 cm³/mol. The fourth-order valence-electron chi connectivity index (χ4n) is 2.90. The Labute approximate surface area is 143 Å². The van der Waals surface area contributed by atoms with Crippen LogP contribution >= 0.6 is 0 Å². The summed E-state index contributed by atoms with van der Waals surface area (Å²) < 4.78 is 12.6. The highest BCUT2D eigenvalue weighted by atomic mass is 16.5. The Morgan fingerprint density at radius 3 is 2.92 bits per heavy atom. The van der Waals surface area contributed by atoms with Crippen LogP contribution in [0.2, 0.25) is 0 Å². The Hall–Kier alpha value is -3.23. The lowest BCUT2D eigenvalue weighted by Crippen LogP contribution is -2.48. The lowest BCUT2D eigenvalue weighted by Gasteiger charge is -2.34. The number of amides is 1. The summed E-state index contributed by atoms with van der Waals surface area (Å²) in [4.78, 5) is 30.9. The van der Waals surface area contributed by atoms with Crippen molar-refractivity contribution >= 4 is 5.91 Å². The quantitative estimate of drug-likeness (QED) is 0.694. The van der Waals surface area contributed by atoms with Crippen molar-refractivity contribution in [2.45, 2.75) is 19.0 Å². The molecular formula is C16H16N6O3. The number of carbonyl (C=O) groups is 1. The van der Waals surface area contributed by atoms with Gasteiger partial charge in [-0.25, -0.2) is 19.9 Å². The molecule has 0 fully saturated rings. The van der Waals surface area contributed by atoms with Gasteiger partial charge in [-0.2, -0.15) is 0 Å². The van der Waals surface area contributed by atoms with Crippen molar-refractivity contribution in [1.82, 2.24) is 29.4 Å². The molecule has 0 saturated heterocycles. The number of hydrogen-bond donors (Lipinski definition) is 0. The van der Waals surface area contributed by atoms with Crippen LogP contribution in [-0.2, 0) is 20.0 Å². The molecule has 0 aliphatic carbocycles. The van der Waals surface area contributed by atoms with Crippen molar-refractivity contribution in [3.8, 4) is 6.01 Å². The van der Waals surface area contributed by atoms with Gasteiger partial charge in [0.1, 0.15) is 12.9 Å². The Morgan fingerprint density at radius 2 is 2.16 bits per heavy atom. The molecule has 0 bridgehead atoms. The minimum absolute atomic E-state index is 0.184. The Bertz CT molecular complexity index is 861. The number of imidazole rings is 1. The normalized spacial score (nSPS) is 16.5. The molecule has 9 heteroatoms. The van der Waals surface area contributed by atoms with Crippen molar-refractivity contribution in [2.75, 3.05) is 6.61 Å². The molecule has 0 unspecified atom stereocenters. The van der Waals surface area contributed by atoms with Crippen LogP contribution in [0, 0.1) is 0 Å². The molecule has 4 rings (SSSR count). The molecule has 9 nitrogen and oxygen atoms in total. The fraction of sp³-hybridized carbons (Fsp3) is 0.312. The molecule has 3 aromatic heterocycles. The largest absolute Gasteiger partial charge is 0.461 e. The zero-order valence-corrected chi connectivity index (χ0v) is 13.6. The van der Waals surface area contributed by atoms with Crippen molar-refractivity contribution in [3.63, 3.8) is 0 Å². The number of rotatable bonds is 4. The average Bonchev–Trinajstić information content (AvgIpc) is 3.30. The van der Waals surface area contributed by atoms with E-state index in [0.29, 0.717) is 13.0 Å². The standard InChI is InChI=1S/C16H16N6O3/c1-21-9-19-12-6-22(15(23)13-8-24-10-20-13)11(5-14(12)21)7-25-16-17-3-2-4-18-16/h2-4,8-11H,5-7H2,1H3/t11-/m0/s1. The number of aryl methyl sites for hydroxylation is 1. The van der Waals surface area contributed by atoms with Crippen molar-refractivity contribution in [3.05, 3.63) is 54.5 Å². The summed E-state index contributed by atoms with van der Waals surface area (Å²) in [6, 6.07) is 1.82. The predicted octanol–water partition coefficient (Wildman–Crippen LogP) is 0.844. The van der Waals surface area contributed by atoms with Crippen LogP contribution in [0.3, 0.4) is 0 Å². The Kier molecular flexibility index (Phi) is 3.88. The van der Waals surface area contributed by atoms with Gasteiger partial charge in [-0.1, -0.05) is 0 Å². The minimum Gasteiger partial charge on any atom is -0.461 e. The van der Waals surface area contributed by atoms with Crippen molar-refractivity contribution in [1.29, 1.82) is 0 Å². The Balaban J connectivity index is 1.58. The number of hydrogen-bond acceptors (Lipinski definition) is 7. The van der Waals surface area contributed by atoms with Crippen LogP contribution in [0.25, 0.3) is 0 Å². The van der Waals surface area contributed by atoms with E-state index in [1.54, 1.807) is 29.7 Å². The first-order chi connectivity index (χ1) is 12.2. The summed E-state index contributed by atoms with van der Waals surface area (Å²) in [5, 5.41) is 0. The van der Waals surface area contributed by atoms with E-state index in [0.717, 1.165) is 11.4 Å². The van der Waals surface area contributed by atoms with Crippen molar-refractivity contribution < 1.29 is 13.9 Å². The number of ether oxygens (including phenoxy) is 1. The first-order valence-electron chi connectivity index (χ1n) is 7.80. The molecule has 0 saturated carbocycles. The van der Waals surface area contributed by atoms with Gasteiger partial charge < -0.3 is 18.6 Å². The third-order valence-electron chi connectivity index (χ3n) is 4.19. The van der Waals surface area contributed by atoms with Gasteiger partial charge in [-0.05, 0) is 6.07 Å². The third-order valence-corrected chi connectivity index (χ3v) is 4.19. The highest BCUT2D eigenvalue weighted by Gasteiger charge is 2.34. The van der Waals surface area contributed by atoms with E-state index in [2.05, 4.69) is 19.9 Å². The molecule has 1 atom stereocenters. The zero-order chi connectivity index (χ0) is 17.2. The second kappa shape index (κ2) is 6.34. The number of oxazole rings is 1. The lowest BCUT2D eigenvalue weighted by molar-refractivity contribution is 0.0544. The van der Waals surface area contributed by atoms with E-state index in [-0.39, 0.29) is 30.3 Å². The number of aromatic nitrogens is 5. The van der Waals surface area contributed by atoms with E-state index >= 15 is 0 Å². The molecule has 3 aromatic rings. The van der Waals surface area contributed by atoms with Crippen LogP contribution in [0.4, 0.5) is 0 Å². The van der Waals surface area contributed by atoms with Crippen LogP contribution in [-0.4, -0.2) is 48.0 Å². The smallest absolute Gasteiger partial charge is 0.316 e. The van der Waals surface area contributed by atoms with Crippen molar-refractivity contribution in [2.24, 2.45) is 7.05 Å². The van der Waals surface area contributed by atoms with Crippen LogP contribution in [0.15, 0.2) is 41.9 Å². The van der Waals surface area contributed by atoms with Gasteiger partial charge in [0.15, 0.2) is 12.1 Å². The maximum atomic E-state index is 12.8. The molecule has 1 aliphatic rings. The number of carbonyl (C=O) groups excluding carboxylic acids is 1. The first kappa shape index (κ1) is 15.3. The van der Waals surface area contributed by atoms with Crippen LogP contribution in [0.1, 0.15) is 21.9 Å². The van der Waals surface area contributed by atoms with Crippen LogP contribution < -0.4 is 4.74 Å². The van der Waals surface area contributed by atoms with Gasteiger partial charge in [0.05, 0.1) is 24.6 Å². The lowest BCUT2D eigenvalue weighted by atomic mass is 10.0. The van der Waals surface area contributed by atoms with Crippen LogP contribution in [0.5, 0.6) is 6.01 Å². The topological polar surface area (TPSA) is 99.2 Å². The highest BCUT2D eigenvalue weighted by molar-refractivity contribution is 5.92. The molecule has 4 heterocycles. The van der Waals surface area contributed by atoms with Gasteiger partial charge >= 0.3 is 6.01 Å². The molecule has 0 radical (unpaired) electrons. The van der Waals surface area contributed by atoms with Gasteiger partial charge in [-0.15, -0.1) is 0 Å². The summed E-state index contributed by atoms with van der Waals surface area (Å²) >= 11 is 0. The highest BCUT2D eigenvalue weighted by Crippen LogP contribution is 2.24. The maximum absolute atomic E-state index is 12.8. The van der Waals surface area contributed by atoms with Gasteiger partial charge in [0, 0.05) is 31.6 Å². The minimum atomic E-state index is -0.215. The molecule has 0 aromatic carbocycles. The molecule has 0 spiro atoms. The van der Waals surface area contributed by atoms with Gasteiger partial charge in [0.25, 0.3) is 5.91 Å². The molecule has 25 heavy (non-hydrogen) atoms. The third kappa shape index (κ3) is 2.95. The summed E-state index contributed by atoms with van der Waals surface area (Å²) in [7, 11) is 1.94. The summed E-state index contributed by atoms with van der Waals surface area (Å²) in [6.45, 7) is 0.670. The summed E-state index contributed by atoms with van der Waals surface area (Å²) in [5.74, 6) is -0.215. The number of nitrogens with zero attached hydrogens (tertiary/aromatic N) is 6. The summed E-state index contributed by atoms with van der Waals surface area (Å²) in [5.41, 5.74) is 2.23.